The topological polar surface area (TPSA) is 128 Å². The Hall–Kier alpha value is -3.98. The summed E-state index contributed by atoms with van der Waals surface area (Å²) in [5.41, 5.74) is 8.89. The first-order valence-corrected chi connectivity index (χ1v) is 11.7. The van der Waals surface area contributed by atoms with Crippen LogP contribution in [0.25, 0.3) is 11.3 Å². The van der Waals surface area contributed by atoms with Gasteiger partial charge < -0.3 is 15.8 Å². The second-order valence-corrected chi connectivity index (χ2v) is 7.98. The monoisotopic (exact) mass is 477 g/mol. The van der Waals surface area contributed by atoms with Crippen molar-refractivity contribution in [2.75, 3.05) is 25.0 Å². The fraction of sp³-hybridized carbons (Fsp3) is 0.308. The molecule has 0 aliphatic carbocycles. The minimum absolute atomic E-state index is 0.0478. The van der Waals surface area contributed by atoms with Crippen molar-refractivity contribution in [2.45, 2.75) is 32.7 Å². The number of nitrogens with two attached hydrogens (primary N) is 1. The average Bonchev–Trinajstić information content (AvgIpc) is 2.84. The largest absolute Gasteiger partial charge is 0.450 e. The molecule has 0 radical (unpaired) electrons. The van der Waals surface area contributed by atoms with Gasteiger partial charge in [0.2, 0.25) is 5.91 Å². The number of carbonyl (C=O) groups excluding carboxylic acids is 2. The van der Waals surface area contributed by atoms with Crippen LogP contribution in [0, 0.1) is 0 Å². The molecule has 0 unspecified atom stereocenters. The number of amides is 2. The Morgan fingerprint density at radius 2 is 1.83 bits per heavy atom. The summed E-state index contributed by atoms with van der Waals surface area (Å²) in [6.45, 7) is 3.46. The molecule has 1 heterocycles. The lowest BCUT2D eigenvalue weighted by molar-refractivity contribution is -0.120. The van der Waals surface area contributed by atoms with Crippen molar-refractivity contribution < 1.29 is 14.3 Å². The summed E-state index contributed by atoms with van der Waals surface area (Å²) in [5, 5.41) is 10.1. The van der Waals surface area contributed by atoms with Crippen molar-refractivity contribution >= 4 is 17.7 Å². The molecule has 3 rings (SSSR count). The van der Waals surface area contributed by atoms with E-state index in [0.29, 0.717) is 24.5 Å². The first-order valence-electron chi connectivity index (χ1n) is 11.7. The van der Waals surface area contributed by atoms with Gasteiger partial charge in [0.25, 0.3) is 5.56 Å². The Labute approximate surface area is 204 Å². The Kier molecular flexibility index (Phi) is 9.56. The Morgan fingerprint density at radius 1 is 1.03 bits per heavy atom. The number of unbranched alkanes of at least 4 members (excludes halogenated alkanes) is 1. The van der Waals surface area contributed by atoms with Gasteiger partial charge in [-0.1, -0.05) is 30.3 Å². The molecule has 0 spiro atoms. The number of hydrogen-bond acceptors (Lipinski definition) is 6. The molecule has 9 heteroatoms. The van der Waals surface area contributed by atoms with Crippen molar-refractivity contribution in [3.63, 3.8) is 0 Å². The minimum atomic E-state index is -0.536. The third-order valence-electron chi connectivity index (χ3n) is 5.19. The SMILES string of the molecule is CCOC(=O)Nc1cccc(Cn2nc(-c3cccc(CC(=O)NCCCCN)c3)ccc2=O)c1. The van der Waals surface area contributed by atoms with E-state index in [1.165, 1.54) is 10.7 Å². The lowest BCUT2D eigenvalue weighted by atomic mass is 10.1. The van der Waals surface area contributed by atoms with Crippen LogP contribution in [-0.4, -0.2) is 41.5 Å². The molecule has 0 saturated carbocycles. The molecule has 3 aromatic rings. The summed E-state index contributed by atoms with van der Waals surface area (Å²) in [5.74, 6) is -0.0478. The van der Waals surface area contributed by atoms with Crippen LogP contribution < -0.4 is 21.9 Å². The van der Waals surface area contributed by atoms with Gasteiger partial charge in [-0.3, -0.25) is 14.9 Å². The second-order valence-electron chi connectivity index (χ2n) is 7.98. The third-order valence-corrected chi connectivity index (χ3v) is 5.19. The number of rotatable bonds is 11. The molecule has 0 bridgehead atoms. The quantitative estimate of drug-likeness (QED) is 0.364. The smallest absolute Gasteiger partial charge is 0.411 e. The summed E-state index contributed by atoms with van der Waals surface area (Å²) >= 11 is 0. The summed E-state index contributed by atoms with van der Waals surface area (Å²) in [7, 11) is 0. The van der Waals surface area contributed by atoms with Gasteiger partial charge in [-0.25, -0.2) is 9.48 Å². The van der Waals surface area contributed by atoms with E-state index in [1.54, 1.807) is 31.2 Å². The maximum absolute atomic E-state index is 12.5. The van der Waals surface area contributed by atoms with E-state index in [9.17, 15) is 14.4 Å². The van der Waals surface area contributed by atoms with Crippen LogP contribution in [-0.2, 0) is 22.5 Å². The Morgan fingerprint density at radius 3 is 2.63 bits per heavy atom. The van der Waals surface area contributed by atoms with Crippen molar-refractivity contribution in [1.29, 1.82) is 0 Å². The van der Waals surface area contributed by atoms with Crippen LogP contribution in [0.15, 0.2) is 65.5 Å². The summed E-state index contributed by atoms with van der Waals surface area (Å²) in [6, 6.07) is 17.8. The summed E-state index contributed by atoms with van der Waals surface area (Å²) in [4.78, 5) is 36.4. The van der Waals surface area contributed by atoms with Gasteiger partial charge in [-0.15, -0.1) is 0 Å². The maximum Gasteiger partial charge on any atom is 0.411 e. The number of anilines is 1. The predicted molar refractivity (Wildman–Crippen MR) is 135 cm³/mol. The van der Waals surface area contributed by atoms with Crippen molar-refractivity contribution in [3.05, 3.63) is 82.1 Å². The molecular weight excluding hydrogens is 446 g/mol. The number of benzene rings is 2. The summed E-state index contributed by atoms with van der Waals surface area (Å²) < 4.78 is 6.27. The van der Waals surface area contributed by atoms with Gasteiger partial charge in [-0.2, -0.15) is 5.10 Å². The van der Waals surface area contributed by atoms with E-state index in [0.717, 1.165) is 29.5 Å². The fourth-order valence-corrected chi connectivity index (χ4v) is 3.51. The zero-order valence-electron chi connectivity index (χ0n) is 19.8. The molecule has 0 atom stereocenters. The molecule has 2 amide bonds. The highest BCUT2D eigenvalue weighted by atomic mass is 16.5. The zero-order chi connectivity index (χ0) is 25.0. The van der Waals surface area contributed by atoms with Crippen LogP contribution >= 0.6 is 0 Å². The molecule has 9 nitrogen and oxygen atoms in total. The highest BCUT2D eigenvalue weighted by Crippen LogP contribution is 2.18. The van der Waals surface area contributed by atoms with Gasteiger partial charge in [0.1, 0.15) is 0 Å². The molecule has 35 heavy (non-hydrogen) atoms. The first kappa shape index (κ1) is 25.6. The molecular formula is C26H31N5O4. The molecule has 0 aliphatic rings. The van der Waals surface area contributed by atoms with E-state index >= 15 is 0 Å². The number of ether oxygens (including phenoxy) is 1. The molecule has 0 saturated heterocycles. The number of nitrogens with zero attached hydrogens (tertiary/aromatic N) is 2. The average molecular weight is 478 g/mol. The van der Waals surface area contributed by atoms with Crippen molar-refractivity contribution in [1.82, 2.24) is 15.1 Å². The van der Waals surface area contributed by atoms with Crippen LogP contribution in [0.5, 0.6) is 0 Å². The molecule has 4 N–H and O–H groups in total. The van der Waals surface area contributed by atoms with E-state index in [-0.39, 0.29) is 31.0 Å². The summed E-state index contributed by atoms with van der Waals surface area (Å²) in [6.07, 6.45) is 1.46. The molecule has 184 valence electrons. The van der Waals surface area contributed by atoms with Gasteiger partial charge >= 0.3 is 6.09 Å². The van der Waals surface area contributed by atoms with E-state index in [4.69, 9.17) is 10.5 Å². The highest BCUT2D eigenvalue weighted by Gasteiger charge is 2.09. The first-order chi connectivity index (χ1) is 17.0. The van der Waals surface area contributed by atoms with Crippen LogP contribution in [0.1, 0.15) is 30.9 Å². The third kappa shape index (κ3) is 8.08. The molecule has 1 aromatic heterocycles. The molecule has 0 aliphatic heterocycles. The second kappa shape index (κ2) is 13.0. The molecule has 0 fully saturated rings. The van der Waals surface area contributed by atoms with Crippen LogP contribution in [0.2, 0.25) is 0 Å². The number of aromatic nitrogens is 2. The van der Waals surface area contributed by atoms with Gasteiger partial charge in [0, 0.05) is 23.9 Å². The zero-order valence-corrected chi connectivity index (χ0v) is 19.8. The number of carbonyl (C=O) groups is 2. The van der Waals surface area contributed by atoms with Gasteiger partial charge in [-0.05, 0) is 61.7 Å². The highest BCUT2D eigenvalue weighted by molar-refractivity contribution is 5.84. The van der Waals surface area contributed by atoms with E-state index < -0.39 is 6.09 Å². The van der Waals surface area contributed by atoms with Crippen LogP contribution in [0.4, 0.5) is 10.5 Å². The van der Waals surface area contributed by atoms with Crippen molar-refractivity contribution in [3.8, 4) is 11.3 Å². The Balaban J connectivity index is 1.72. The maximum atomic E-state index is 12.5. The van der Waals surface area contributed by atoms with Gasteiger partial charge in [0.05, 0.1) is 25.3 Å². The van der Waals surface area contributed by atoms with E-state index in [1.807, 2.05) is 30.3 Å². The van der Waals surface area contributed by atoms with E-state index in [2.05, 4.69) is 15.7 Å². The molecule has 2 aromatic carbocycles. The standard InChI is InChI=1S/C26H31N5O4/c1-2-35-26(34)29-22-10-6-8-20(16-22)18-31-25(33)12-11-23(30-31)21-9-5-7-19(15-21)17-24(32)28-14-4-3-13-27/h5-12,15-16H,2-4,13-14,17-18,27H2,1H3,(H,28,32)(H,29,34). The fourth-order valence-electron chi connectivity index (χ4n) is 3.51. The minimum Gasteiger partial charge on any atom is -0.450 e. The predicted octanol–water partition coefficient (Wildman–Crippen LogP) is 2.92. The lowest BCUT2D eigenvalue weighted by Gasteiger charge is -2.10. The normalized spacial score (nSPS) is 10.6. The number of hydrogen-bond donors (Lipinski definition) is 3. The lowest BCUT2D eigenvalue weighted by Crippen LogP contribution is -2.26. The van der Waals surface area contributed by atoms with Crippen LogP contribution in [0.3, 0.4) is 0 Å². The van der Waals surface area contributed by atoms with Crippen molar-refractivity contribution in [2.24, 2.45) is 5.73 Å². The Bertz CT molecular complexity index is 1210. The van der Waals surface area contributed by atoms with Gasteiger partial charge in [0.15, 0.2) is 0 Å². The number of nitrogens with one attached hydrogen (secondary N) is 2.